The van der Waals surface area contributed by atoms with Gasteiger partial charge in [-0.05, 0) is 12.5 Å². The van der Waals surface area contributed by atoms with Gasteiger partial charge in [-0.15, -0.1) is 0 Å². The third kappa shape index (κ3) is 2.34. The summed E-state index contributed by atoms with van der Waals surface area (Å²) < 4.78 is 0. The molecule has 0 fully saturated rings. The van der Waals surface area contributed by atoms with Crippen molar-refractivity contribution in [3.63, 3.8) is 0 Å². The first-order valence-corrected chi connectivity index (χ1v) is 8.15. The van der Waals surface area contributed by atoms with E-state index in [1.165, 1.54) is 18.9 Å². The van der Waals surface area contributed by atoms with Gasteiger partial charge in [-0.1, -0.05) is 56.3 Å². The average molecular weight is 179 g/mol. The highest BCUT2D eigenvalue weighted by Crippen LogP contribution is 2.26. The van der Waals surface area contributed by atoms with Crippen LogP contribution in [0.4, 0.5) is 0 Å². The lowest BCUT2D eigenvalue weighted by Crippen LogP contribution is -2.27. The second-order valence-electron chi connectivity index (χ2n) is 4.18. The third-order valence-corrected chi connectivity index (χ3v) is 5.98. The molecule has 1 aliphatic carbocycles. The van der Waals surface area contributed by atoms with Crippen LogP contribution in [-0.2, 0) is 0 Å². The van der Waals surface area contributed by atoms with Crippen LogP contribution in [0.5, 0.6) is 0 Å². The molecule has 67 valence electrons. The Hall–Kier alpha value is -0.303. The van der Waals surface area contributed by atoms with Gasteiger partial charge < -0.3 is 0 Å². The van der Waals surface area contributed by atoms with Crippen molar-refractivity contribution in [2.24, 2.45) is 0 Å². The van der Waals surface area contributed by atoms with Crippen LogP contribution in [0.2, 0.25) is 19.1 Å². The van der Waals surface area contributed by atoms with Gasteiger partial charge in [0, 0.05) is 0 Å². The van der Waals surface area contributed by atoms with Crippen molar-refractivity contribution in [3.05, 3.63) is 23.4 Å². The number of hydrogen-bond donors (Lipinski definition) is 0. The van der Waals surface area contributed by atoms with Crippen LogP contribution >= 0.6 is 0 Å². The van der Waals surface area contributed by atoms with Gasteiger partial charge in [0.25, 0.3) is 0 Å². The molecule has 0 aromatic carbocycles. The van der Waals surface area contributed by atoms with E-state index in [0.717, 1.165) is 6.42 Å². The molecule has 12 heavy (non-hydrogen) atoms. The summed E-state index contributed by atoms with van der Waals surface area (Å²) in [6.07, 6.45) is 11.8. The Morgan fingerprint density at radius 3 is 2.75 bits per heavy atom. The summed E-state index contributed by atoms with van der Waals surface area (Å²) in [5, 5.41) is 1.55. The van der Waals surface area contributed by atoms with Crippen molar-refractivity contribution in [1.82, 2.24) is 0 Å². The SMILES string of the molecule is CCCC[Si](C)(C)C1=[C]CC=C1. The molecular formula is C11H19Si. The lowest BCUT2D eigenvalue weighted by atomic mass is 10.4. The normalized spacial score (nSPS) is 16.8. The molecular weight excluding hydrogens is 160 g/mol. The monoisotopic (exact) mass is 179 g/mol. The molecule has 0 saturated carbocycles. The van der Waals surface area contributed by atoms with Gasteiger partial charge in [0.05, 0.1) is 8.07 Å². The zero-order chi connectivity index (χ0) is 9.03. The minimum absolute atomic E-state index is 1.05. The van der Waals surface area contributed by atoms with E-state index >= 15 is 0 Å². The quantitative estimate of drug-likeness (QED) is 0.577. The van der Waals surface area contributed by atoms with Crippen molar-refractivity contribution in [1.29, 1.82) is 0 Å². The predicted octanol–water partition coefficient (Wildman–Crippen LogP) is 3.72. The van der Waals surface area contributed by atoms with Crippen molar-refractivity contribution in [2.75, 3.05) is 0 Å². The molecule has 0 aromatic heterocycles. The second kappa shape index (κ2) is 4.08. The average Bonchev–Trinajstić information content (AvgIpc) is 2.53. The van der Waals surface area contributed by atoms with Gasteiger partial charge in [0.1, 0.15) is 0 Å². The molecule has 0 nitrogen and oxygen atoms in total. The van der Waals surface area contributed by atoms with E-state index in [-0.39, 0.29) is 0 Å². The first-order valence-electron chi connectivity index (χ1n) is 4.94. The molecule has 1 aliphatic rings. The fraction of sp³-hybridized carbons (Fsp3) is 0.636. The van der Waals surface area contributed by atoms with Gasteiger partial charge >= 0.3 is 0 Å². The molecule has 0 atom stereocenters. The molecule has 1 rings (SSSR count). The molecule has 0 spiro atoms. The highest BCUT2D eigenvalue weighted by atomic mass is 28.3. The fourth-order valence-corrected chi connectivity index (χ4v) is 4.28. The summed E-state index contributed by atoms with van der Waals surface area (Å²) in [4.78, 5) is 0. The number of hydrogen-bond acceptors (Lipinski definition) is 0. The molecule has 0 N–H and O–H groups in total. The van der Waals surface area contributed by atoms with Crippen LogP contribution < -0.4 is 0 Å². The van der Waals surface area contributed by atoms with Crippen molar-refractivity contribution in [3.8, 4) is 0 Å². The summed E-state index contributed by atoms with van der Waals surface area (Å²) in [5.41, 5.74) is 0. The van der Waals surface area contributed by atoms with Gasteiger partial charge in [-0.25, -0.2) is 0 Å². The van der Waals surface area contributed by atoms with E-state index in [1.807, 2.05) is 0 Å². The van der Waals surface area contributed by atoms with E-state index in [1.54, 1.807) is 5.20 Å². The Labute approximate surface area is 77.4 Å². The lowest BCUT2D eigenvalue weighted by Gasteiger charge is -2.22. The van der Waals surface area contributed by atoms with Crippen LogP contribution in [0.3, 0.4) is 0 Å². The maximum atomic E-state index is 3.47. The van der Waals surface area contributed by atoms with Crippen molar-refractivity contribution in [2.45, 2.75) is 45.3 Å². The molecule has 0 unspecified atom stereocenters. The topological polar surface area (TPSA) is 0 Å². The van der Waals surface area contributed by atoms with E-state index in [0.29, 0.717) is 0 Å². The summed E-state index contributed by atoms with van der Waals surface area (Å²) in [7, 11) is -1.07. The predicted molar refractivity (Wildman–Crippen MR) is 57.7 cm³/mol. The highest BCUT2D eigenvalue weighted by molar-refractivity contribution is 6.84. The Balaban J connectivity index is 2.52. The van der Waals surface area contributed by atoms with Crippen LogP contribution in [0, 0.1) is 6.08 Å². The van der Waals surface area contributed by atoms with E-state index in [4.69, 9.17) is 0 Å². The largest absolute Gasteiger partial charge is 0.0810 e. The first kappa shape index (κ1) is 9.78. The summed E-state index contributed by atoms with van der Waals surface area (Å²) in [6, 6.07) is 1.43. The summed E-state index contributed by atoms with van der Waals surface area (Å²) in [6.45, 7) is 7.19. The molecule has 0 amide bonds. The highest BCUT2D eigenvalue weighted by Gasteiger charge is 2.24. The van der Waals surface area contributed by atoms with E-state index < -0.39 is 8.07 Å². The Morgan fingerprint density at radius 2 is 2.25 bits per heavy atom. The van der Waals surface area contributed by atoms with Gasteiger partial charge in [-0.2, -0.15) is 0 Å². The van der Waals surface area contributed by atoms with Crippen LogP contribution in [0.25, 0.3) is 0 Å². The molecule has 1 radical (unpaired) electrons. The molecule has 1 heteroatoms. The molecule has 0 aromatic rings. The van der Waals surface area contributed by atoms with E-state index in [2.05, 4.69) is 38.2 Å². The van der Waals surface area contributed by atoms with Crippen molar-refractivity contribution < 1.29 is 0 Å². The van der Waals surface area contributed by atoms with Crippen LogP contribution in [0.15, 0.2) is 17.3 Å². The minimum Gasteiger partial charge on any atom is -0.0802 e. The number of rotatable bonds is 4. The molecule has 0 bridgehead atoms. The Morgan fingerprint density at radius 1 is 1.50 bits per heavy atom. The third-order valence-electron chi connectivity index (χ3n) is 2.58. The van der Waals surface area contributed by atoms with Gasteiger partial charge in [0.15, 0.2) is 0 Å². The zero-order valence-corrected chi connectivity index (χ0v) is 9.48. The van der Waals surface area contributed by atoms with Gasteiger partial charge in [-0.3, -0.25) is 0 Å². The Kier molecular flexibility index (Phi) is 3.33. The van der Waals surface area contributed by atoms with Gasteiger partial charge in [0.2, 0.25) is 0 Å². The maximum absolute atomic E-state index is 3.47. The van der Waals surface area contributed by atoms with Crippen molar-refractivity contribution >= 4 is 8.07 Å². The zero-order valence-electron chi connectivity index (χ0n) is 8.48. The van der Waals surface area contributed by atoms with E-state index in [9.17, 15) is 0 Å². The molecule has 0 aliphatic heterocycles. The molecule has 0 saturated heterocycles. The second-order valence-corrected chi connectivity index (χ2v) is 8.99. The Bertz CT molecular complexity index is 199. The fourth-order valence-electron chi connectivity index (χ4n) is 1.62. The molecule has 0 heterocycles. The summed E-state index contributed by atoms with van der Waals surface area (Å²) >= 11 is 0. The number of allylic oxidation sites excluding steroid dienone is 4. The lowest BCUT2D eigenvalue weighted by molar-refractivity contribution is 0.869. The maximum Gasteiger partial charge on any atom is 0.0810 e. The summed E-state index contributed by atoms with van der Waals surface area (Å²) in [5.74, 6) is 0. The van der Waals surface area contributed by atoms with Crippen LogP contribution in [0.1, 0.15) is 26.2 Å². The standard InChI is InChI=1S/C11H19Si/c1-4-5-10-12(2,3)11-8-6-7-9-11/h6,8H,4-5,7,10H2,1-3H3. The van der Waals surface area contributed by atoms with Crippen LogP contribution in [-0.4, -0.2) is 8.07 Å². The first-order chi connectivity index (χ1) is 5.67. The number of unbranched alkanes of at least 4 members (excludes halogenated alkanes) is 1. The minimum atomic E-state index is -1.07. The smallest absolute Gasteiger partial charge is 0.0802 e.